The normalized spacial score (nSPS) is 25.2. The van der Waals surface area contributed by atoms with Crippen LogP contribution in [0, 0.1) is 5.41 Å². The maximum absolute atomic E-state index is 12.7. The Labute approximate surface area is 164 Å². The molecular formula is C20H27N5O3. The first-order chi connectivity index (χ1) is 13.7. The van der Waals surface area contributed by atoms with Gasteiger partial charge in [0.1, 0.15) is 0 Å². The van der Waals surface area contributed by atoms with Gasteiger partial charge in [0.15, 0.2) is 0 Å². The van der Waals surface area contributed by atoms with E-state index in [1.807, 2.05) is 17.0 Å². The number of carbonyl (C=O) groups excluding carboxylic acids is 1. The minimum atomic E-state index is -0.325. The summed E-state index contributed by atoms with van der Waals surface area (Å²) in [4.78, 5) is 23.1. The standard InChI is InChI=1S/C20H27N5O3/c26-16-7-10-22-13-20(16)8-3-11-25(14-20)18(27)6-1-5-17-23-19(24-28-17)15-4-2-9-21-12-15/h2,4,9,12,16,22,26H,1,3,5-8,10-11,13-14H2/t16-,20-/m0/s1. The molecule has 0 aromatic carbocycles. The summed E-state index contributed by atoms with van der Waals surface area (Å²) in [6.45, 7) is 3.06. The Hall–Kier alpha value is -2.32. The van der Waals surface area contributed by atoms with Gasteiger partial charge in [-0.2, -0.15) is 4.98 Å². The van der Waals surface area contributed by atoms with Crippen molar-refractivity contribution in [1.29, 1.82) is 0 Å². The van der Waals surface area contributed by atoms with Crippen LogP contribution in [0.15, 0.2) is 29.0 Å². The molecular weight excluding hydrogens is 358 g/mol. The van der Waals surface area contributed by atoms with Crippen molar-refractivity contribution in [1.82, 2.24) is 25.3 Å². The van der Waals surface area contributed by atoms with Crippen LogP contribution in [0.1, 0.15) is 38.0 Å². The van der Waals surface area contributed by atoms with Gasteiger partial charge < -0.3 is 19.8 Å². The number of aromatic nitrogens is 3. The van der Waals surface area contributed by atoms with E-state index in [0.29, 0.717) is 37.5 Å². The van der Waals surface area contributed by atoms with Crippen LogP contribution in [0.3, 0.4) is 0 Å². The predicted octanol–water partition coefficient (Wildman–Crippen LogP) is 1.42. The molecule has 2 atom stereocenters. The van der Waals surface area contributed by atoms with Gasteiger partial charge in [0, 0.05) is 55.8 Å². The zero-order valence-electron chi connectivity index (χ0n) is 16.0. The van der Waals surface area contributed by atoms with Crippen molar-refractivity contribution >= 4 is 5.91 Å². The van der Waals surface area contributed by atoms with Crippen molar-refractivity contribution in [3.63, 3.8) is 0 Å². The molecule has 1 spiro atoms. The van der Waals surface area contributed by atoms with E-state index in [2.05, 4.69) is 20.4 Å². The molecule has 8 nitrogen and oxygen atoms in total. The van der Waals surface area contributed by atoms with Crippen LogP contribution in [0.2, 0.25) is 0 Å². The van der Waals surface area contributed by atoms with Crippen LogP contribution in [0.25, 0.3) is 11.4 Å². The summed E-state index contributed by atoms with van der Waals surface area (Å²) < 4.78 is 5.30. The van der Waals surface area contributed by atoms with Gasteiger partial charge in [0.25, 0.3) is 0 Å². The molecule has 0 bridgehead atoms. The monoisotopic (exact) mass is 385 g/mol. The quantitative estimate of drug-likeness (QED) is 0.802. The Morgan fingerprint density at radius 1 is 1.46 bits per heavy atom. The fourth-order valence-corrected chi connectivity index (χ4v) is 4.31. The fraction of sp³-hybridized carbons (Fsp3) is 0.600. The molecule has 28 heavy (non-hydrogen) atoms. The molecule has 2 aliphatic heterocycles. The van der Waals surface area contributed by atoms with Gasteiger partial charge in [-0.3, -0.25) is 9.78 Å². The van der Waals surface area contributed by atoms with Crippen LogP contribution < -0.4 is 5.32 Å². The Morgan fingerprint density at radius 2 is 2.39 bits per heavy atom. The second-order valence-electron chi connectivity index (χ2n) is 7.87. The molecule has 2 aromatic rings. The molecule has 0 aliphatic carbocycles. The van der Waals surface area contributed by atoms with E-state index < -0.39 is 0 Å². The van der Waals surface area contributed by atoms with Gasteiger partial charge in [0.2, 0.25) is 17.6 Å². The molecule has 2 aliphatic rings. The largest absolute Gasteiger partial charge is 0.392 e. The molecule has 0 unspecified atom stereocenters. The lowest BCUT2D eigenvalue weighted by Gasteiger charge is -2.48. The Morgan fingerprint density at radius 3 is 3.21 bits per heavy atom. The average molecular weight is 385 g/mol. The van der Waals surface area contributed by atoms with E-state index in [1.165, 1.54) is 0 Å². The lowest BCUT2D eigenvalue weighted by atomic mass is 9.72. The molecule has 0 saturated carbocycles. The summed E-state index contributed by atoms with van der Waals surface area (Å²) in [6.07, 6.45) is 7.44. The van der Waals surface area contributed by atoms with Gasteiger partial charge in [0.05, 0.1) is 6.10 Å². The molecule has 4 rings (SSSR count). The van der Waals surface area contributed by atoms with Gasteiger partial charge in [-0.1, -0.05) is 5.16 Å². The Bertz CT molecular complexity index is 792. The molecule has 8 heteroatoms. The number of carbonyl (C=O) groups is 1. The van der Waals surface area contributed by atoms with E-state index in [-0.39, 0.29) is 17.4 Å². The minimum absolute atomic E-state index is 0.142. The number of nitrogens with zero attached hydrogens (tertiary/aromatic N) is 4. The zero-order chi connectivity index (χ0) is 19.4. The number of aliphatic hydroxyl groups excluding tert-OH is 1. The first-order valence-electron chi connectivity index (χ1n) is 10.1. The molecule has 2 N–H and O–H groups in total. The van der Waals surface area contributed by atoms with Gasteiger partial charge in [-0.05, 0) is 44.4 Å². The smallest absolute Gasteiger partial charge is 0.226 e. The topological polar surface area (TPSA) is 104 Å². The lowest BCUT2D eigenvalue weighted by molar-refractivity contribution is -0.138. The maximum atomic E-state index is 12.7. The number of hydrogen-bond acceptors (Lipinski definition) is 7. The van der Waals surface area contributed by atoms with Crippen molar-refractivity contribution in [2.75, 3.05) is 26.2 Å². The number of likely N-dealkylation sites (tertiary alicyclic amines) is 1. The highest BCUT2D eigenvalue weighted by molar-refractivity contribution is 5.76. The highest BCUT2D eigenvalue weighted by Crippen LogP contribution is 2.36. The summed E-state index contributed by atoms with van der Waals surface area (Å²) in [6, 6.07) is 3.71. The predicted molar refractivity (Wildman–Crippen MR) is 102 cm³/mol. The zero-order valence-corrected chi connectivity index (χ0v) is 16.0. The second kappa shape index (κ2) is 8.36. The van der Waals surface area contributed by atoms with Crippen molar-refractivity contribution in [2.45, 2.75) is 44.6 Å². The number of hydrogen-bond donors (Lipinski definition) is 2. The van der Waals surface area contributed by atoms with Crippen LogP contribution >= 0.6 is 0 Å². The van der Waals surface area contributed by atoms with Gasteiger partial charge in [-0.25, -0.2) is 0 Å². The van der Waals surface area contributed by atoms with E-state index in [4.69, 9.17) is 4.52 Å². The van der Waals surface area contributed by atoms with Crippen LogP contribution in [0.4, 0.5) is 0 Å². The first-order valence-corrected chi connectivity index (χ1v) is 10.1. The van der Waals surface area contributed by atoms with Crippen LogP contribution in [-0.4, -0.2) is 63.3 Å². The molecule has 2 saturated heterocycles. The highest BCUT2D eigenvalue weighted by atomic mass is 16.5. The fourth-order valence-electron chi connectivity index (χ4n) is 4.31. The first kappa shape index (κ1) is 19.0. The second-order valence-corrected chi connectivity index (χ2v) is 7.87. The Kier molecular flexibility index (Phi) is 5.68. The number of pyridine rings is 1. The molecule has 1 amide bonds. The summed E-state index contributed by atoms with van der Waals surface area (Å²) in [5.41, 5.74) is 0.629. The molecule has 0 radical (unpaired) electrons. The number of nitrogens with one attached hydrogen (secondary N) is 1. The van der Waals surface area contributed by atoms with E-state index in [1.54, 1.807) is 12.4 Å². The third-order valence-corrected chi connectivity index (χ3v) is 5.91. The lowest BCUT2D eigenvalue weighted by Crippen LogP contribution is -2.58. The molecule has 150 valence electrons. The van der Waals surface area contributed by atoms with Crippen molar-refractivity contribution in [2.24, 2.45) is 5.41 Å². The van der Waals surface area contributed by atoms with E-state index >= 15 is 0 Å². The summed E-state index contributed by atoms with van der Waals surface area (Å²) >= 11 is 0. The van der Waals surface area contributed by atoms with Crippen molar-refractivity contribution < 1.29 is 14.4 Å². The third kappa shape index (κ3) is 4.07. The summed E-state index contributed by atoms with van der Waals surface area (Å²) in [5.74, 6) is 1.20. The number of aryl methyl sites for hydroxylation is 1. The van der Waals surface area contributed by atoms with E-state index in [9.17, 15) is 9.90 Å². The average Bonchev–Trinajstić information content (AvgIpc) is 3.20. The van der Waals surface area contributed by atoms with Gasteiger partial charge in [-0.15, -0.1) is 0 Å². The SMILES string of the molecule is O=C(CCCc1nc(-c2cccnc2)no1)N1CCC[C@]2(CNCC[C@@H]2O)C1. The number of aliphatic hydroxyl groups is 1. The third-order valence-electron chi connectivity index (χ3n) is 5.91. The van der Waals surface area contributed by atoms with E-state index in [0.717, 1.165) is 44.5 Å². The van der Waals surface area contributed by atoms with Crippen molar-refractivity contribution in [3.05, 3.63) is 30.4 Å². The molecule has 2 aromatic heterocycles. The van der Waals surface area contributed by atoms with Crippen LogP contribution in [0.5, 0.6) is 0 Å². The number of piperidine rings is 2. The highest BCUT2D eigenvalue weighted by Gasteiger charge is 2.43. The van der Waals surface area contributed by atoms with Gasteiger partial charge >= 0.3 is 0 Å². The van der Waals surface area contributed by atoms with Crippen molar-refractivity contribution in [3.8, 4) is 11.4 Å². The minimum Gasteiger partial charge on any atom is -0.392 e. The maximum Gasteiger partial charge on any atom is 0.226 e. The summed E-state index contributed by atoms with van der Waals surface area (Å²) in [5, 5.41) is 17.9. The number of rotatable bonds is 5. The number of amides is 1. The molecule has 2 fully saturated rings. The summed E-state index contributed by atoms with van der Waals surface area (Å²) in [7, 11) is 0. The molecule has 4 heterocycles. The van der Waals surface area contributed by atoms with Crippen LogP contribution in [-0.2, 0) is 11.2 Å². The Balaban J connectivity index is 1.28.